The van der Waals surface area contributed by atoms with E-state index < -0.39 is 0 Å². The Labute approximate surface area is 153 Å². The third-order valence-electron chi connectivity index (χ3n) is 3.82. The zero-order chi connectivity index (χ0) is 17.9. The molecule has 0 aromatic carbocycles. The van der Waals surface area contributed by atoms with Gasteiger partial charge in [-0.3, -0.25) is 4.79 Å². The lowest BCUT2D eigenvalue weighted by Gasteiger charge is -2.00. The monoisotopic (exact) mass is 368 g/mol. The van der Waals surface area contributed by atoms with Crippen molar-refractivity contribution in [2.24, 2.45) is 0 Å². The fourth-order valence-corrected chi connectivity index (χ4v) is 3.16. The first-order valence-corrected chi connectivity index (χ1v) is 9.07. The Morgan fingerprint density at radius 1 is 1.27 bits per heavy atom. The third-order valence-corrected chi connectivity index (χ3v) is 4.50. The van der Waals surface area contributed by atoms with Gasteiger partial charge in [-0.2, -0.15) is 16.3 Å². The highest BCUT2D eigenvalue weighted by molar-refractivity contribution is 7.08. The van der Waals surface area contributed by atoms with Gasteiger partial charge in [0.2, 0.25) is 11.7 Å². The average Bonchev–Trinajstić information content (AvgIpc) is 3.36. The van der Waals surface area contributed by atoms with Crippen molar-refractivity contribution < 1.29 is 14.1 Å². The molecule has 26 heavy (non-hydrogen) atoms. The van der Waals surface area contributed by atoms with E-state index >= 15 is 0 Å². The van der Waals surface area contributed by atoms with E-state index in [1.54, 1.807) is 11.3 Å². The summed E-state index contributed by atoms with van der Waals surface area (Å²) in [5.74, 6) is 0.634. The number of hydrogen-bond donors (Lipinski definition) is 0. The lowest BCUT2D eigenvalue weighted by molar-refractivity contribution is -0.145. The van der Waals surface area contributed by atoms with E-state index in [2.05, 4.69) is 15.1 Å². The quantitative estimate of drug-likeness (QED) is 0.485. The van der Waals surface area contributed by atoms with Gasteiger partial charge >= 0.3 is 5.97 Å². The molecule has 4 aromatic heterocycles. The minimum Gasteiger partial charge on any atom is -0.459 e. The second kappa shape index (κ2) is 7.09. The van der Waals surface area contributed by atoms with Crippen molar-refractivity contribution in [2.75, 3.05) is 0 Å². The maximum Gasteiger partial charge on any atom is 0.306 e. The van der Waals surface area contributed by atoms with Gasteiger partial charge in [0.05, 0.1) is 12.1 Å². The Morgan fingerprint density at radius 2 is 2.19 bits per heavy atom. The maximum atomic E-state index is 11.9. The van der Waals surface area contributed by atoms with Crippen molar-refractivity contribution in [1.29, 1.82) is 0 Å². The fraction of sp³-hybridized carbons (Fsp3) is 0.222. The molecular weight excluding hydrogens is 352 g/mol. The molecule has 0 fully saturated rings. The molecule has 0 bridgehead atoms. The summed E-state index contributed by atoms with van der Waals surface area (Å²) in [5, 5.41) is 7.81. The number of aromatic nitrogens is 4. The number of pyridine rings is 1. The molecule has 0 aliphatic heterocycles. The topological polar surface area (TPSA) is 82.5 Å². The SMILES string of the molecule is Cc1ccc2nc(COC(=O)CCc3nc(-c4ccsc4)no3)cn2c1. The predicted octanol–water partition coefficient (Wildman–Crippen LogP) is 3.43. The minimum absolute atomic E-state index is 0.142. The number of aryl methyl sites for hydroxylation is 2. The molecule has 0 aliphatic rings. The molecule has 0 atom stereocenters. The maximum absolute atomic E-state index is 11.9. The molecule has 0 unspecified atom stereocenters. The van der Waals surface area contributed by atoms with Gasteiger partial charge < -0.3 is 13.7 Å². The second-order valence-electron chi connectivity index (χ2n) is 5.89. The van der Waals surface area contributed by atoms with Crippen LogP contribution in [-0.2, 0) is 22.6 Å². The van der Waals surface area contributed by atoms with Crippen LogP contribution in [0.2, 0.25) is 0 Å². The van der Waals surface area contributed by atoms with Crippen LogP contribution in [0.15, 0.2) is 45.9 Å². The van der Waals surface area contributed by atoms with Crippen LogP contribution < -0.4 is 0 Å². The number of imidazole rings is 1. The molecule has 0 spiro atoms. The van der Waals surface area contributed by atoms with Crippen LogP contribution >= 0.6 is 11.3 Å². The van der Waals surface area contributed by atoms with Crippen LogP contribution in [-0.4, -0.2) is 25.5 Å². The number of nitrogens with zero attached hydrogens (tertiary/aromatic N) is 4. The van der Waals surface area contributed by atoms with Crippen LogP contribution in [0.1, 0.15) is 23.6 Å². The van der Waals surface area contributed by atoms with Gasteiger partial charge in [-0.1, -0.05) is 11.2 Å². The number of esters is 1. The standard InChI is InChI=1S/C18H16N4O3S/c1-12-2-3-15-19-14(9-22(15)8-12)10-24-17(23)5-4-16-20-18(21-25-16)13-6-7-26-11-13/h2-3,6-9,11H,4-5,10H2,1H3. The number of fused-ring (bicyclic) bond motifs is 1. The first-order chi connectivity index (χ1) is 12.7. The Morgan fingerprint density at radius 3 is 3.04 bits per heavy atom. The average molecular weight is 368 g/mol. The summed E-state index contributed by atoms with van der Waals surface area (Å²) >= 11 is 1.57. The van der Waals surface area contributed by atoms with E-state index in [1.165, 1.54) is 0 Å². The van der Waals surface area contributed by atoms with Gasteiger partial charge in [-0.05, 0) is 30.0 Å². The first kappa shape index (κ1) is 16.5. The van der Waals surface area contributed by atoms with Crippen LogP contribution in [0.5, 0.6) is 0 Å². The highest BCUT2D eigenvalue weighted by atomic mass is 32.1. The van der Waals surface area contributed by atoms with Gasteiger partial charge in [0.25, 0.3) is 0 Å². The van der Waals surface area contributed by atoms with Crippen LogP contribution in [0.25, 0.3) is 17.0 Å². The van der Waals surface area contributed by atoms with E-state index in [-0.39, 0.29) is 19.0 Å². The van der Waals surface area contributed by atoms with Crippen molar-refractivity contribution in [2.45, 2.75) is 26.4 Å². The summed E-state index contributed by atoms with van der Waals surface area (Å²) in [4.78, 5) is 20.7. The number of carbonyl (C=O) groups is 1. The third kappa shape index (κ3) is 3.65. The van der Waals surface area contributed by atoms with Crippen LogP contribution in [0, 0.1) is 6.92 Å². The summed E-state index contributed by atoms with van der Waals surface area (Å²) < 4.78 is 12.4. The van der Waals surface area contributed by atoms with E-state index in [9.17, 15) is 4.79 Å². The van der Waals surface area contributed by atoms with Crippen molar-refractivity contribution in [3.05, 3.63) is 58.5 Å². The van der Waals surface area contributed by atoms with Crippen molar-refractivity contribution in [3.8, 4) is 11.4 Å². The molecule has 0 aliphatic carbocycles. The predicted molar refractivity (Wildman–Crippen MR) is 95.7 cm³/mol. The van der Waals surface area contributed by atoms with Crippen molar-refractivity contribution in [3.63, 3.8) is 0 Å². The highest BCUT2D eigenvalue weighted by Gasteiger charge is 2.12. The van der Waals surface area contributed by atoms with E-state index in [0.29, 0.717) is 23.8 Å². The lowest BCUT2D eigenvalue weighted by Crippen LogP contribution is -2.06. The number of hydrogen-bond acceptors (Lipinski definition) is 7. The minimum atomic E-state index is -0.325. The van der Waals surface area contributed by atoms with Crippen LogP contribution in [0.4, 0.5) is 0 Å². The molecule has 0 radical (unpaired) electrons. The Kier molecular flexibility index (Phi) is 4.49. The van der Waals surface area contributed by atoms with Crippen LogP contribution in [0.3, 0.4) is 0 Å². The Balaban J connectivity index is 1.30. The summed E-state index contributed by atoms with van der Waals surface area (Å²) in [6, 6.07) is 5.85. The molecule has 0 saturated heterocycles. The fourth-order valence-electron chi connectivity index (χ4n) is 2.53. The molecule has 0 N–H and O–H groups in total. The molecule has 132 valence electrons. The number of ether oxygens (including phenoxy) is 1. The molecule has 0 amide bonds. The molecule has 7 nitrogen and oxygen atoms in total. The second-order valence-corrected chi connectivity index (χ2v) is 6.67. The summed E-state index contributed by atoms with van der Waals surface area (Å²) in [7, 11) is 0. The molecular formula is C18H16N4O3S. The molecule has 4 rings (SSSR count). The summed E-state index contributed by atoms with van der Waals surface area (Å²) in [6.45, 7) is 2.16. The summed E-state index contributed by atoms with van der Waals surface area (Å²) in [6.07, 6.45) is 4.37. The van der Waals surface area contributed by atoms with Crippen molar-refractivity contribution in [1.82, 2.24) is 19.5 Å². The van der Waals surface area contributed by atoms with Gasteiger partial charge in [0.1, 0.15) is 12.3 Å². The molecule has 4 aromatic rings. The molecule has 0 saturated carbocycles. The van der Waals surface area contributed by atoms with Gasteiger partial charge in [-0.25, -0.2) is 4.98 Å². The lowest BCUT2D eigenvalue weighted by atomic mass is 10.3. The first-order valence-electron chi connectivity index (χ1n) is 8.12. The molecule has 4 heterocycles. The largest absolute Gasteiger partial charge is 0.459 e. The Hall–Kier alpha value is -3.00. The number of carbonyl (C=O) groups excluding carboxylic acids is 1. The zero-order valence-electron chi connectivity index (χ0n) is 14.1. The van der Waals surface area contributed by atoms with E-state index in [0.717, 1.165) is 16.8 Å². The van der Waals surface area contributed by atoms with Gasteiger partial charge in [-0.15, -0.1) is 0 Å². The normalized spacial score (nSPS) is 11.1. The van der Waals surface area contributed by atoms with Gasteiger partial charge in [0.15, 0.2) is 0 Å². The highest BCUT2D eigenvalue weighted by Crippen LogP contribution is 2.19. The molecule has 8 heteroatoms. The van der Waals surface area contributed by atoms with E-state index in [1.807, 2.05) is 52.7 Å². The van der Waals surface area contributed by atoms with Crippen molar-refractivity contribution >= 4 is 23.0 Å². The Bertz CT molecular complexity index is 1040. The number of rotatable bonds is 6. The van der Waals surface area contributed by atoms with E-state index in [4.69, 9.17) is 9.26 Å². The summed E-state index contributed by atoms with van der Waals surface area (Å²) in [5.41, 5.74) is 3.59. The zero-order valence-corrected chi connectivity index (χ0v) is 14.9. The van der Waals surface area contributed by atoms with Gasteiger partial charge in [0, 0.05) is 29.8 Å². The number of thiophene rings is 1. The smallest absolute Gasteiger partial charge is 0.306 e.